The van der Waals surface area contributed by atoms with Gasteiger partial charge in [-0.15, -0.1) is 0 Å². The van der Waals surface area contributed by atoms with Crippen molar-refractivity contribution in [1.82, 2.24) is 10.2 Å². The summed E-state index contributed by atoms with van der Waals surface area (Å²) < 4.78 is 40.8. The van der Waals surface area contributed by atoms with Crippen LogP contribution in [0.5, 0.6) is 5.75 Å². The number of alkyl halides is 3. The molecule has 1 aromatic rings. The lowest BCUT2D eigenvalue weighted by Crippen LogP contribution is -2.45. The van der Waals surface area contributed by atoms with Crippen LogP contribution in [0.1, 0.15) is 18.9 Å². The molecule has 1 aromatic carbocycles. The van der Waals surface area contributed by atoms with Crippen molar-refractivity contribution in [3.8, 4) is 5.75 Å². The van der Waals surface area contributed by atoms with Gasteiger partial charge in [0.1, 0.15) is 5.75 Å². The lowest BCUT2D eigenvalue weighted by Gasteiger charge is -2.25. The van der Waals surface area contributed by atoms with E-state index < -0.39 is 12.8 Å². The van der Waals surface area contributed by atoms with E-state index in [9.17, 15) is 23.1 Å². The summed E-state index contributed by atoms with van der Waals surface area (Å²) >= 11 is 0. The minimum atomic E-state index is -4.37. The Balaban J connectivity index is 1.83. The van der Waals surface area contributed by atoms with Crippen molar-refractivity contribution in [2.24, 2.45) is 5.92 Å². The van der Waals surface area contributed by atoms with Crippen molar-refractivity contribution in [2.75, 3.05) is 19.8 Å². The van der Waals surface area contributed by atoms with E-state index in [2.05, 4.69) is 10.1 Å². The minimum Gasteiger partial charge on any atom is -0.484 e. The van der Waals surface area contributed by atoms with E-state index >= 15 is 0 Å². The molecule has 0 aliphatic carbocycles. The van der Waals surface area contributed by atoms with Gasteiger partial charge in [-0.05, 0) is 30.0 Å². The average Bonchev–Trinajstić information content (AvgIpc) is 2.91. The standard InChI is InChI=1S/C16H21F3N2O3/c1-11-6-7-21(14(11)9-22)15(23)20-8-12-2-4-13(5-3-12)24-10-16(17,18)19/h2-5,11,14,22H,6-10H2,1H3,(H,20,23)/t11-,14+/m0/s1. The van der Waals surface area contributed by atoms with Crippen molar-refractivity contribution in [2.45, 2.75) is 32.1 Å². The number of urea groups is 1. The number of nitrogens with one attached hydrogen (secondary N) is 1. The quantitative estimate of drug-likeness (QED) is 0.861. The predicted octanol–water partition coefficient (Wildman–Crippen LogP) is 2.54. The molecular weight excluding hydrogens is 325 g/mol. The van der Waals surface area contributed by atoms with Gasteiger partial charge >= 0.3 is 12.2 Å². The Morgan fingerprint density at radius 1 is 1.38 bits per heavy atom. The minimum absolute atomic E-state index is 0.0696. The molecule has 0 bridgehead atoms. The maximum absolute atomic E-state index is 12.2. The molecule has 1 aliphatic rings. The molecule has 0 saturated carbocycles. The molecule has 0 aromatic heterocycles. The second-order valence-electron chi connectivity index (χ2n) is 5.92. The first-order valence-electron chi connectivity index (χ1n) is 7.74. The maximum atomic E-state index is 12.2. The highest BCUT2D eigenvalue weighted by Crippen LogP contribution is 2.23. The number of amides is 2. The zero-order valence-corrected chi connectivity index (χ0v) is 13.3. The van der Waals surface area contributed by atoms with Gasteiger partial charge in [0.05, 0.1) is 12.6 Å². The van der Waals surface area contributed by atoms with Crippen molar-refractivity contribution in [3.05, 3.63) is 29.8 Å². The zero-order valence-electron chi connectivity index (χ0n) is 13.3. The summed E-state index contributed by atoms with van der Waals surface area (Å²) in [4.78, 5) is 13.8. The fourth-order valence-corrected chi connectivity index (χ4v) is 2.69. The second kappa shape index (κ2) is 7.74. The van der Waals surface area contributed by atoms with Gasteiger partial charge in [-0.1, -0.05) is 19.1 Å². The molecular formula is C16H21F3N2O3. The number of carbonyl (C=O) groups excluding carboxylic acids is 1. The molecule has 1 heterocycles. The number of hydrogen-bond donors (Lipinski definition) is 2. The monoisotopic (exact) mass is 346 g/mol. The summed E-state index contributed by atoms with van der Waals surface area (Å²) in [6.45, 7) is 1.44. The fraction of sp³-hybridized carbons (Fsp3) is 0.562. The van der Waals surface area contributed by atoms with Crippen molar-refractivity contribution in [1.29, 1.82) is 0 Å². The third kappa shape index (κ3) is 5.02. The summed E-state index contributed by atoms with van der Waals surface area (Å²) in [5, 5.41) is 12.1. The molecule has 2 rings (SSSR count). The number of aliphatic hydroxyl groups excluding tert-OH is 1. The van der Waals surface area contributed by atoms with Crippen LogP contribution >= 0.6 is 0 Å². The Kier molecular flexibility index (Phi) is 5.93. The van der Waals surface area contributed by atoms with Gasteiger partial charge in [-0.3, -0.25) is 0 Å². The van der Waals surface area contributed by atoms with Crippen LogP contribution in [-0.4, -0.2) is 48.0 Å². The second-order valence-corrected chi connectivity index (χ2v) is 5.92. The first kappa shape index (κ1) is 18.4. The number of halogens is 3. The van der Waals surface area contributed by atoms with Crippen LogP contribution in [0, 0.1) is 5.92 Å². The largest absolute Gasteiger partial charge is 0.484 e. The van der Waals surface area contributed by atoms with E-state index in [0.717, 1.165) is 12.0 Å². The molecule has 0 radical (unpaired) electrons. The molecule has 134 valence electrons. The van der Waals surface area contributed by atoms with E-state index in [1.54, 1.807) is 17.0 Å². The van der Waals surface area contributed by atoms with Crippen LogP contribution in [0.4, 0.5) is 18.0 Å². The number of nitrogens with zero attached hydrogens (tertiary/aromatic N) is 1. The third-order valence-electron chi connectivity index (χ3n) is 4.10. The van der Waals surface area contributed by atoms with Crippen LogP contribution in [-0.2, 0) is 6.54 Å². The lowest BCUT2D eigenvalue weighted by molar-refractivity contribution is -0.153. The van der Waals surface area contributed by atoms with Gasteiger partial charge < -0.3 is 20.1 Å². The molecule has 2 amide bonds. The Morgan fingerprint density at radius 3 is 2.62 bits per heavy atom. The highest BCUT2D eigenvalue weighted by Gasteiger charge is 2.33. The molecule has 1 aliphatic heterocycles. The molecule has 2 atom stereocenters. The van der Waals surface area contributed by atoms with Gasteiger partial charge in [0.2, 0.25) is 0 Å². The summed E-state index contributed by atoms with van der Waals surface area (Å²) in [5.74, 6) is 0.377. The van der Waals surface area contributed by atoms with E-state index in [4.69, 9.17) is 0 Å². The fourth-order valence-electron chi connectivity index (χ4n) is 2.69. The highest BCUT2D eigenvalue weighted by atomic mass is 19.4. The first-order chi connectivity index (χ1) is 11.3. The molecule has 1 fully saturated rings. The van der Waals surface area contributed by atoms with E-state index in [1.165, 1.54) is 12.1 Å². The number of ether oxygens (including phenoxy) is 1. The molecule has 2 N–H and O–H groups in total. The lowest BCUT2D eigenvalue weighted by atomic mass is 10.0. The van der Waals surface area contributed by atoms with Crippen molar-refractivity contribution >= 4 is 6.03 Å². The Hall–Kier alpha value is -1.96. The summed E-state index contributed by atoms with van der Waals surface area (Å²) in [6, 6.07) is 5.63. The molecule has 1 saturated heterocycles. The number of benzene rings is 1. The third-order valence-corrected chi connectivity index (χ3v) is 4.10. The Labute approximate surface area is 138 Å². The Morgan fingerprint density at radius 2 is 2.04 bits per heavy atom. The van der Waals surface area contributed by atoms with Crippen molar-refractivity contribution in [3.63, 3.8) is 0 Å². The first-order valence-corrected chi connectivity index (χ1v) is 7.74. The van der Waals surface area contributed by atoms with Gasteiger partial charge in [0, 0.05) is 13.1 Å². The topological polar surface area (TPSA) is 61.8 Å². The number of hydrogen-bond acceptors (Lipinski definition) is 3. The van der Waals surface area contributed by atoms with Crippen molar-refractivity contribution < 1.29 is 27.8 Å². The summed E-state index contributed by atoms with van der Waals surface area (Å²) in [7, 11) is 0. The van der Waals surface area contributed by atoms with Crippen LogP contribution in [0.25, 0.3) is 0 Å². The zero-order chi connectivity index (χ0) is 17.7. The normalized spacial score (nSPS) is 21.0. The smallest absolute Gasteiger partial charge is 0.422 e. The van der Waals surface area contributed by atoms with Gasteiger partial charge in [0.15, 0.2) is 6.61 Å². The maximum Gasteiger partial charge on any atom is 0.422 e. The molecule has 5 nitrogen and oxygen atoms in total. The van der Waals surface area contributed by atoms with Crippen LogP contribution in [0.3, 0.4) is 0 Å². The Bertz CT molecular complexity index is 548. The summed E-state index contributed by atoms with van der Waals surface area (Å²) in [6.07, 6.45) is -3.52. The molecule has 24 heavy (non-hydrogen) atoms. The molecule has 0 unspecified atom stereocenters. The van der Waals surface area contributed by atoms with Gasteiger partial charge in [-0.2, -0.15) is 13.2 Å². The molecule has 8 heteroatoms. The van der Waals surface area contributed by atoms with E-state index in [-0.39, 0.29) is 36.9 Å². The number of aliphatic hydroxyl groups is 1. The summed E-state index contributed by atoms with van der Waals surface area (Å²) in [5.41, 5.74) is 0.746. The van der Waals surface area contributed by atoms with Crippen LogP contribution in [0.2, 0.25) is 0 Å². The van der Waals surface area contributed by atoms with Gasteiger partial charge in [-0.25, -0.2) is 4.79 Å². The number of rotatable bonds is 5. The number of carbonyl (C=O) groups is 1. The average molecular weight is 346 g/mol. The van der Waals surface area contributed by atoms with E-state index in [1.807, 2.05) is 6.92 Å². The SMILES string of the molecule is C[C@H]1CCN(C(=O)NCc2ccc(OCC(F)(F)F)cc2)[C@@H]1CO. The van der Waals surface area contributed by atoms with Crippen LogP contribution in [0.15, 0.2) is 24.3 Å². The van der Waals surface area contributed by atoms with E-state index in [0.29, 0.717) is 6.54 Å². The predicted molar refractivity (Wildman–Crippen MR) is 81.6 cm³/mol. The highest BCUT2D eigenvalue weighted by molar-refractivity contribution is 5.75. The van der Waals surface area contributed by atoms with Gasteiger partial charge in [0.25, 0.3) is 0 Å². The van der Waals surface area contributed by atoms with Crippen LogP contribution < -0.4 is 10.1 Å². The molecule has 0 spiro atoms. The number of likely N-dealkylation sites (tertiary alicyclic amines) is 1.